The molecule has 0 N–H and O–H groups in total. The van der Waals surface area contributed by atoms with Gasteiger partial charge in [0.05, 0.1) is 7.11 Å². The van der Waals surface area contributed by atoms with Gasteiger partial charge in [0.25, 0.3) is 0 Å². The molecule has 2 nitrogen and oxygen atoms in total. The van der Waals surface area contributed by atoms with Crippen molar-refractivity contribution >= 4 is 0 Å². The third kappa shape index (κ3) is 14.7. The van der Waals surface area contributed by atoms with Crippen LogP contribution in [0, 0.1) is 0 Å². The van der Waals surface area contributed by atoms with Gasteiger partial charge in [0, 0.05) is 0 Å². The Balaban J connectivity index is 3.70. The molecule has 0 rings (SSSR count). The van der Waals surface area contributed by atoms with Crippen molar-refractivity contribution in [2.75, 3.05) is 26.7 Å². The monoisotopic (exact) mass is 356 g/mol. The van der Waals surface area contributed by atoms with Gasteiger partial charge in [-0.05, 0) is 32.6 Å². The minimum atomic E-state index is 0.881. The molecule has 0 radical (unpaired) electrons. The Morgan fingerprint density at radius 1 is 0.480 bits per heavy atom. The van der Waals surface area contributed by atoms with Crippen molar-refractivity contribution in [1.29, 1.82) is 0 Å². The van der Waals surface area contributed by atoms with Crippen molar-refractivity contribution in [3.05, 3.63) is 0 Å². The van der Waals surface area contributed by atoms with Crippen LogP contribution < -0.4 is 0 Å². The first-order chi connectivity index (χ1) is 12.2. The predicted octanol–water partition coefficient (Wildman–Crippen LogP) is 7.67. The molecule has 0 fully saturated rings. The zero-order valence-corrected chi connectivity index (χ0v) is 18.3. The number of hydroxylamine groups is 3. The molecule has 2 heteroatoms. The van der Waals surface area contributed by atoms with Crippen molar-refractivity contribution in [2.24, 2.45) is 0 Å². The van der Waals surface area contributed by atoms with Crippen LogP contribution in [0.5, 0.6) is 0 Å². The molecule has 0 aliphatic carbocycles. The van der Waals surface area contributed by atoms with E-state index in [0.717, 1.165) is 11.2 Å². The summed E-state index contributed by atoms with van der Waals surface area (Å²) in [5.41, 5.74) is 0. The van der Waals surface area contributed by atoms with Gasteiger partial charge in [0.15, 0.2) is 0 Å². The Morgan fingerprint density at radius 2 is 0.800 bits per heavy atom. The van der Waals surface area contributed by atoms with Gasteiger partial charge in [-0.3, -0.25) is 0 Å². The molecule has 0 amide bonds. The second-order valence-corrected chi connectivity index (χ2v) is 7.95. The van der Waals surface area contributed by atoms with Gasteiger partial charge in [-0.1, -0.05) is 90.9 Å². The first-order valence-corrected chi connectivity index (χ1v) is 11.7. The summed E-state index contributed by atoms with van der Waals surface area (Å²) in [4.78, 5) is 5.94. The van der Waals surface area contributed by atoms with Crippen molar-refractivity contribution in [1.82, 2.24) is 0 Å². The van der Waals surface area contributed by atoms with Crippen molar-refractivity contribution in [3.63, 3.8) is 0 Å². The van der Waals surface area contributed by atoms with E-state index in [-0.39, 0.29) is 0 Å². The lowest BCUT2D eigenvalue weighted by Gasteiger charge is -2.33. The Labute approximate surface area is 160 Å². The van der Waals surface area contributed by atoms with E-state index >= 15 is 0 Å². The molecule has 152 valence electrons. The third-order valence-electron chi connectivity index (χ3n) is 5.80. The quantitative estimate of drug-likeness (QED) is 0.123. The lowest BCUT2D eigenvalue weighted by Crippen LogP contribution is -2.48. The van der Waals surface area contributed by atoms with Crippen LogP contribution in [0.3, 0.4) is 0 Å². The predicted molar refractivity (Wildman–Crippen MR) is 113 cm³/mol. The summed E-state index contributed by atoms with van der Waals surface area (Å²) in [5.74, 6) is 0. The minimum Gasteiger partial charge on any atom is -0.206 e. The zero-order valence-electron chi connectivity index (χ0n) is 18.3. The fourth-order valence-electron chi connectivity index (χ4n) is 3.81. The van der Waals surface area contributed by atoms with E-state index in [2.05, 4.69) is 20.8 Å². The van der Waals surface area contributed by atoms with E-state index in [1.165, 1.54) is 116 Å². The Bertz CT molecular complexity index is 228. The number of quaternary nitrogens is 1. The van der Waals surface area contributed by atoms with Crippen LogP contribution in [0.1, 0.15) is 124 Å². The third-order valence-corrected chi connectivity index (χ3v) is 5.80. The fourth-order valence-corrected chi connectivity index (χ4v) is 3.81. The highest BCUT2D eigenvalue weighted by Crippen LogP contribution is 2.16. The molecule has 0 aliphatic heterocycles. The molecular formula is C23H50NO+. The molecule has 0 aromatic carbocycles. The summed E-state index contributed by atoms with van der Waals surface area (Å²) < 4.78 is 0.881. The number of unbranched alkanes of at least 4 members (excludes halogenated alkanes) is 14. The highest BCUT2D eigenvalue weighted by Gasteiger charge is 2.24. The molecule has 0 spiro atoms. The standard InChI is InChI=1S/C23H50NO/c1-5-8-10-12-14-16-18-20-22-24(7-3,25-4)23-21-19-17-15-13-11-9-6-2/h5-23H2,1-4H3/q+1. The number of hydrogen-bond acceptors (Lipinski definition) is 1. The van der Waals surface area contributed by atoms with Gasteiger partial charge in [0.2, 0.25) is 0 Å². The van der Waals surface area contributed by atoms with Gasteiger partial charge in [-0.2, -0.15) is 4.65 Å². The molecular weight excluding hydrogens is 306 g/mol. The molecule has 0 aromatic heterocycles. The highest BCUT2D eigenvalue weighted by atomic mass is 16.7. The Hall–Kier alpha value is -0.0800. The normalized spacial score (nSPS) is 12.0. The van der Waals surface area contributed by atoms with Gasteiger partial charge in [-0.25, -0.2) is 4.84 Å². The number of hydrogen-bond donors (Lipinski definition) is 0. The second-order valence-electron chi connectivity index (χ2n) is 7.95. The van der Waals surface area contributed by atoms with Crippen LogP contribution >= 0.6 is 0 Å². The van der Waals surface area contributed by atoms with E-state index in [4.69, 9.17) is 4.84 Å². The summed E-state index contributed by atoms with van der Waals surface area (Å²) in [6, 6.07) is 0. The molecule has 0 saturated carbocycles. The van der Waals surface area contributed by atoms with E-state index in [1.54, 1.807) is 0 Å². The van der Waals surface area contributed by atoms with Crippen LogP contribution in [0.15, 0.2) is 0 Å². The molecule has 0 bridgehead atoms. The summed E-state index contributed by atoms with van der Waals surface area (Å²) in [6.45, 7) is 10.4. The summed E-state index contributed by atoms with van der Waals surface area (Å²) >= 11 is 0. The highest BCUT2D eigenvalue weighted by molar-refractivity contribution is 4.48. The Kier molecular flexibility index (Phi) is 18.6. The smallest absolute Gasteiger partial charge is 0.109 e. The van der Waals surface area contributed by atoms with Crippen molar-refractivity contribution in [2.45, 2.75) is 124 Å². The lowest BCUT2D eigenvalue weighted by molar-refractivity contribution is -1.10. The maximum absolute atomic E-state index is 5.94. The van der Waals surface area contributed by atoms with Crippen molar-refractivity contribution in [3.8, 4) is 0 Å². The fraction of sp³-hybridized carbons (Fsp3) is 1.00. The second kappa shape index (κ2) is 18.7. The number of nitrogens with zero attached hydrogens (tertiary/aromatic N) is 1. The molecule has 0 aromatic rings. The van der Waals surface area contributed by atoms with Gasteiger partial charge >= 0.3 is 0 Å². The van der Waals surface area contributed by atoms with Crippen LogP contribution in [-0.2, 0) is 4.84 Å². The topological polar surface area (TPSA) is 9.23 Å². The van der Waals surface area contributed by atoms with E-state index < -0.39 is 0 Å². The SMILES string of the molecule is CCCCCCCCCC[N+](CC)(CCCCCCCCCC)OC. The molecule has 25 heavy (non-hydrogen) atoms. The first kappa shape index (κ1) is 24.9. The van der Waals surface area contributed by atoms with Crippen LogP contribution in [0.4, 0.5) is 0 Å². The maximum atomic E-state index is 5.94. The van der Waals surface area contributed by atoms with Crippen LogP contribution in [-0.4, -0.2) is 31.4 Å². The summed E-state index contributed by atoms with van der Waals surface area (Å²) in [7, 11) is 1.92. The maximum Gasteiger partial charge on any atom is 0.109 e. The van der Waals surface area contributed by atoms with Gasteiger partial charge in [0.1, 0.15) is 19.6 Å². The van der Waals surface area contributed by atoms with Crippen LogP contribution in [0.25, 0.3) is 0 Å². The van der Waals surface area contributed by atoms with Crippen molar-refractivity contribution < 1.29 is 9.48 Å². The van der Waals surface area contributed by atoms with E-state index in [9.17, 15) is 0 Å². The van der Waals surface area contributed by atoms with Gasteiger partial charge < -0.3 is 0 Å². The zero-order chi connectivity index (χ0) is 18.6. The van der Waals surface area contributed by atoms with Crippen LogP contribution in [0.2, 0.25) is 0 Å². The minimum absolute atomic E-state index is 0.881. The van der Waals surface area contributed by atoms with E-state index in [1.807, 2.05) is 7.11 Å². The summed E-state index contributed by atoms with van der Waals surface area (Å²) in [6.07, 6.45) is 22.4. The Morgan fingerprint density at radius 3 is 1.08 bits per heavy atom. The average Bonchev–Trinajstić information content (AvgIpc) is 2.64. The molecule has 0 unspecified atom stereocenters. The molecule has 0 aliphatic rings. The molecule has 0 atom stereocenters. The molecule has 0 heterocycles. The average molecular weight is 357 g/mol. The summed E-state index contributed by atoms with van der Waals surface area (Å²) in [5, 5.41) is 0. The largest absolute Gasteiger partial charge is 0.206 e. The van der Waals surface area contributed by atoms with Gasteiger partial charge in [-0.15, -0.1) is 0 Å². The first-order valence-electron chi connectivity index (χ1n) is 11.7. The molecule has 0 saturated heterocycles. The number of rotatable bonds is 20. The van der Waals surface area contributed by atoms with E-state index in [0.29, 0.717) is 0 Å². The lowest BCUT2D eigenvalue weighted by atomic mass is 10.1.